The minimum absolute atomic E-state index is 0.0928. The third-order valence-electron chi connectivity index (χ3n) is 2.59. The van der Waals surface area contributed by atoms with Crippen molar-refractivity contribution in [1.82, 2.24) is 0 Å². The van der Waals surface area contributed by atoms with Gasteiger partial charge in [0.15, 0.2) is 5.41 Å². The highest BCUT2D eigenvalue weighted by atomic mass is 19.4. The Morgan fingerprint density at radius 2 is 2.07 bits per heavy atom. The van der Waals surface area contributed by atoms with Gasteiger partial charge in [-0.1, -0.05) is 6.92 Å². The van der Waals surface area contributed by atoms with Crippen LogP contribution in [0.1, 0.15) is 20.3 Å². The SMILES string of the molecule is CCC(C)(C(=O)OCC1CO1)C(F)(F)F. The van der Waals surface area contributed by atoms with Crippen LogP contribution in [-0.2, 0) is 14.3 Å². The van der Waals surface area contributed by atoms with Crippen molar-refractivity contribution in [3.05, 3.63) is 0 Å². The lowest BCUT2D eigenvalue weighted by Crippen LogP contribution is -2.43. The molecule has 1 saturated heterocycles. The van der Waals surface area contributed by atoms with E-state index in [1.54, 1.807) is 0 Å². The molecule has 0 amide bonds. The molecule has 0 bridgehead atoms. The molecule has 1 aliphatic heterocycles. The Morgan fingerprint density at radius 1 is 1.53 bits per heavy atom. The number of ether oxygens (including phenoxy) is 2. The molecule has 0 aromatic heterocycles. The summed E-state index contributed by atoms with van der Waals surface area (Å²) < 4.78 is 47.0. The van der Waals surface area contributed by atoms with E-state index in [9.17, 15) is 18.0 Å². The summed E-state index contributed by atoms with van der Waals surface area (Å²) in [6.07, 6.45) is -5.13. The van der Waals surface area contributed by atoms with E-state index in [4.69, 9.17) is 4.74 Å². The fourth-order valence-electron chi connectivity index (χ4n) is 0.953. The van der Waals surface area contributed by atoms with Gasteiger partial charge in [-0.2, -0.15) is 13.2 Å². The minimum Gasteiger partial charge on any atom is -0.462 e. The molecule has 0 spiro atoms. The molecule has 3 nitrogen and oxygen atoms in total. The molecule has 1 heterocycles. The van der Waals surface area contributed by atoms with E-state index in [0.29, 0.717) is 6.61 Å². The Morgan fingerprint density at radius 3 is 2.40 bits per heavy atom. The Balaban J connectivity index is 2.58. The van der Waals surface area contributed by atoms with E-state index >= 15 is 0 Å². The third-order valence-corrected chi connectivity index (χ3v) is 2.59. The molecule has 0 aromatic rings. The molecule has 6 heteroatoms. The van der Waals surface area contributed by atoms with Gasteiger partial charge in [-0.25, -0.2) is 0 Å². The van der Waals surface area contributed by atoms with Crippen LogP contribution in [0.5, 0.6) is 0 Å². The largest absolute Gasteiger partial charge is 0.462 e. The Labute approximate surface area is 85.5 Å². The maximum absolute atomic E-state index is 12.6. The number of halogens is 3. The first-order valence-electron chi connectivity index (χ1n) is 4.67. The van der Waals surface area contributed by atoms with Crippen LogP contribution in [0.2, 0.25) is 0 Å². The van der Waals surface area contributed by atoms with E-state index in [1.165, 1.54) is 6.92 Å². The van der Waals surface area contributed by atoms with E-state index in [1.807, 2.05) is 0 Å². The predicted molar refractivity (Wildman–Crippen MR) is 45.2 cm³/mol. The Hall–Kier alpha value is -0.780. The van der Waals surface area contributed by atoms with E-state index < -0.39 is 17.6 Å². The lowest BCUT2D eigenvalue weighted by molar-refractivity contribution is -0.230. The van der Waals surface area contributed by atoms with Gasteiger partial charge >= 0.3 is 12.1 Å². The fourth-order valence-corrected chi connectivity index (χ4v) is 0.953. The summed E-state index contributed by atoms with van der Waals surface area (Å²) in [4.78, 5) is 11.3. The molecular weight excluding hydrogens is 213 g/mol. The zero-order valence-corrected chi connectivity index (χ0v) is 8.56. The Kier molecular flexibility index (Phi) is 3.28. The fraction of sp³-hybridized carbons (Fsp3) is 0.889. The van der Waals surface area contributed by atoms with Gasteiger partial charge in [-0.3, -0.25) is 4.79 Å². The lowest BCUT2D eigenvalue weighted by Gasteiger charge is -2.28. The van der Waals surface area contributed by atoms with Crippen LogP contribution >= 0.6 is 0 Å². The molecule has 1 rings (SSSR count). The average molecular weight is 226 g/mol. The van der Waals surface area contributed by atoms with Crippen LogP contribution in [0, 0.1) is 5.41 Å². The normalized spacial score (nSPS) is 24.5. The standard InChI is InChI=1S/C9H13F3O3/c1-3-8(2,9(10,11)12)7(13)15-5-6-4-14-6/h6H,3-5H2,1-2H3. The van der Waals surface area contributed by atoms with Crippen molar-refractivity contribution in [1.29, 1.82) is 0 Å². The number of carbonyl (C=O) groups excluding carboxylic acids is 1. The molecule has 2 unspecified atom stereocenters. The van der Waals surface area contributed by atoms with Gasteiger partial charge < -0.3 is 9.47 Å². The number of alkyl halides is 3. The zero-order chi connectivity index (χ0) is 11.7. The van der Waals surface area contributed by atoms with Crippen LogP contribution < -0.4 is 0 Å². The van der Waals surface area contributed by atoms with E-state index in [-0.39, 0.29) is 19.1 Å². The second-order valence-electron chi connectivity index (χ2n) is 3.74. The first-order chi connectivity index (χ1) is 6.81. The summed E-state index contributed by atoms with van der Waals surface area (Å²) in [7, 11) is 0. The van der Waals surface area contributed by atoms with Crippen molar-refractivity contribution in [2.24, 2.45) is 5.41 Å². The molecule has 0 aliphatic carbocycles. The van der Waals surface area contributed by atoms with Crippen LogP contribution in [-0.4, -0.2) is 31.5 Å². The number of epoxide rings is 1. The summed E-state index contributed by atoms with van der Waals surface area (Å²) in [5, 5.41) is 0. The van der Waals surface area contributed by atoms with Gasteiger partial charge in [-0.05, 0) is 13.3 Å². The number of hydrogen-bond donors (Lipinski definition) is 0. The molecule has 0 aromatic carbocycles. The topological polar surface area (TPSA) is 38.8 Å². The molecule has 2 atom stereocenters. The van der Waals surface area contributed by atoms with Crippen LogP contribution in [0.25, 0.3) is 0 Å². The van der Waals surface area contributed by atoms with Crippen molar-refractivity contribution in [3.63, 3.8) is 0 Å². The number of carbonyl (C=O) groups is 1. The first-order valence-corrected chi connectivity index (χ1v) is 4.67. The molecule has 0 N–H and O–H groups in total. The van der Waals surface area contributed by atoms with E-state index in [0.717, 1.165) is 6.92 Å². The molecule has 1 fully saturated rings. The van der Waals surface area contributed by atoms with Crippen molar-refractivity contribution in [3.8, 4) is 0 Å². The second-order valence-corrected chi connectivity index (χ2v) is 3.74. The minimum atomic E-state index is -4.58. The highest BCUT2D eigenvalue weighted by molar-refractivity contribution is 5.77. The summed E-state index contributed by atoms with van der Waals surface area (Å²) in [6, 6.07) is 0. The Bertz CT molecular complexity index is 247. The monoisotopic (exact) mass is 226 g/mol. The number of esters is 1. The van der Waals surface area contributed by atoms with Crippen LogP contribution in [0.15, 0.2) is 0 Å². The van der Waals surface area contributed by atoms with Crippen molar-refractivity contribution >= 4 is 5.97 Å². The highest BCUT2D eigenvalue weighted by Crippen LogP contribution is 2.41. The predicted octanol–water partition coefficient (Wildman–Crippen LogP) is 1.91. The number of hydrogen-bond acceptors (Lipinski definition) is 3. The third kappa shape index (κ3) is 2.62. The summed E-state index contributed by atoms with van der Waals surface area (Å²) >= 11 is 0. The quantitative estimate of drug-likeness (QED) is 0.543. The van der Waals surface area contributed by atoms with Crippen molar-refractivity contribution in [2.45, 2.75) is 32.5 Å². The molecule has 0 radical (unpaired) electrons. The summed E-state index contributed by atoms with van der Waals surface area (Å²) in [6.45, 7) is 2.51. The maximum Gasteiger partial charge on any atom is 0.404 e. The molecular formula is C9H13F3O3. The van der Waals surface area contributed by atoms with Gasteiger partial charge in [-0.15, -0.1) is 0 Å². The van der Waals surface area contributed by atoms with Crippen LogP contribution in [0.3, 0.4) is 0 Å². The number of rotatable bonds is 4. The first kappa shape index (κ1) is 12.3. The molecule has 0 saturated carbocycles. The summed E-state index contributed by atoms with van der Waals surface area (Å²) in [5.74, 6) is -1.23. The van der Waals surface area contributed by atoms with Gasteiger partial charge in [0.2, 0.25) is 0 Å². The van der Waals surface area contributed by atoms with Gasteiger partial charge in [0.25, 0.3) is 0 Å². The van der Waals surface area contributed by atoms with Crippen molar-refractivity contribution < 1.29 is 27.4 Å². The molecule has 15 heavy (non-hydrogen) atoms. The van der Waals surface area contributed by atoms with Crippen molar-refractivity contribution in [2.75, 3.05) is 13.2 Å². The van der Waals surface area contributed by atoms with Gasteiger partial charge in [0.1, 0.15) is 12.7 Å². The summed E-state index contributed by atoms with van der Waals surface area (Å²) in [5.41, 5.74) is -2.41. The smallest absolute Gasteiger partial charge is 0.404 e. The molecule has 88 valence electrons. The maximum atomic E-state index is 12.6. The van der Waals surface area contributed by atoms with Gasteiger partial charge in [0, 0.05) is 0 Å². The highest BCUT2D eigenvalue weighted by Gasteiger charge is 2.56. The average Bonchev–Trinajstić information content (AvgIpc) is 2.94. The van der Waals surface area contributed by atoms with E-state index in [2.05, 4.69) is 4.74 Å². The van der Waals surface area contributed by atoms with Crippen LogP contribution in [0.4, 0.5) is 13.2 Å². The zero-order valence-electron chi connectivity index (χ0n) is 8.56. The lowest BCUT2D eigenvalue weighted by atomic mass is 9.87. The molecule has 1 aliphatic rings. The second kappa shape index (κ2) is 4.00. The van der Waals surface area contributed by atoms with Gasteiger partial charge in [0.05, 0.1) is 6.61 Å².